The van der Waals surface area contributed by atoms with E-state index in [1.165, 1.54) is 0 Å². The van der Waals surface area contributed by atoms with Gasteiger partial charge in [-0.1, -0.05) is 6.07 Å². The molecule has 18 heavy (non-hydrogen) atoms. The molecule has 2 rings (SSSR count). The molecule has 0 radical (unpaired) electrons. The number of likely N-dealkylation sites (tertiary alicyclic amines) is 1. The van der Waals surface area contributed by atoms with Crippen molar-refractivity contribution in [2.75, 3.05) is 13.1 Å². The number of aryl methyl sites for hydroxylation is 1. The SMILES string of the molecule is O=C1CCCN(C(=O)CCCc2ccccn2)C1. The van der Waals surface area contributed by atoms with Gasteiger partial charge in [-0.15, -0.1) is 0 Å². The molecule has 0 saturated carbocycles. The Morgan fingerprint density at radius 3 is 3.00 bits per heavy atom. The molecule has 1 aromatic rings. The molecule has 0 atom stereocenters. The van der Waals surface area contributed by atoms with E-state index in [1.807, 2.05) is 18.2 Å². The quantitative estimate of drug-likeness (QED) is 0.810. The zero-order chi connectivity index (χ0) is 12.8. The average Bonchev–Trinajstić information content (AvgIpc) is 2.40. The van der Waals surface area contributed by atoms with E-state index in [9.17, 15) is 9.59 Å². The van der Waals surface area contributed by atoms with Crippen molar-refractivity contribution < 1.29 is 9.59 Å². The minimum Gasteiger partial charge on any atom is -0.335 e. The summed E-state index contributed by atoms with van der Waals surface area (Å²) in [4.78, 5) is 29.1. The zero-order valence-electron chi connectivity index (χ0n) is 10.5. The van der Waals surface area contributed by atoms with Gasteiger partial charge in [-0.25, -0.2) is 0 Å². The topological polar surface area (TPSA) is 50.3 Å². The fourth-order valence-electron chi connectivity index (χ4n) is 2.18. The number of hydrogen-bond donors (Lipinski definition) is 0. The fraction of sp³-hybridized carbons (Fsp3) is 0.500. The van der Waals surface area contributed by atoms with Crippen LogP contribution in [0.2, 0.25) is 0 Å². The largest absolute Gasteiger partial charge is 0.335 e. The van der Waals surface area contributed by atoms with Crippen molar-refractivity contribution in [2.45, 2.75) is 32.1 Å². The summed E-state index contributed by atoms with van der Waals surface area (Å²) < 4.78 is 0. The lowest BCUT2D eigenvalue weighted by Crippen LogP contribution is -2.40. The van der Waals surface area contributed by atoms with Gasteiger partial charge in [0, 0.05) is 31.3 Å². The maximum Gasteiger partial charge on any atom is 0.222 e. The molecular formula is C14H18N2O2. The molecule has 0 spiro atoms. The number of ketones is 1. The van der Waals surface area contributed by atoms with Crippen molar-refractivity contribution in [1.82, 2.24) is 9.88 Å². The highest BCUT2D eigenvalue weighted by molar-refractivity contribution is 5.87. The number of piperidine rings is 1. The van der Waals surface area contributed by atoms with Crippen LogP contribution in [-0.4, -0.2) is 34.7 Å². The van der Waals surface area contributed by atoms with Gasteiger partial charge in [0.25, 0.3) is 0 Å². The minimum absolute atomic E-state index is 0.0963. The monoisotopic (exact) mass is 246 g/mol. The molecule has 0 N–H and O–H groups in total. The lowest BCUT2D eigenvalue weighted by atomic mass is 10.1. The van der Waals surface area contributed by atoms with Gasteiger partial charge in [-0.2, -0.15) is 0 Å². The van der Waals surface area contributed by atoms with Gasteiger partial charge in [0.15, 0.2) is 5.78 Å². The number of rotatable bonds is 4. The maximum atomic E-state index is 11.9. The molecule has 96 valence electrons. The Balaban J connectivity index is 1.73. The number of nitrogens with zero attached hydrogens (tertiary/aromatic N) is 2. The molecule has 1 amide bonds. The van der Waals surface area contributed by atoms with Crippen molar-refractivity contribution in [3.05, 3.63) is 30.1 Å². The predicted octanol–water partition coefficient (Wildman–Crippen LogP) is 1.60. The number of Topliss-reactive ketones (excluding diaryl/α,β-unsaturated/α-hetero) is 1. The van der Waals surface area contributed by atoms with Crippen molar-refractivity contribution in [2.24, 2.45) is 0 Å². The normalized spacial score (nSPS) is 15.8. The summed E-state index contributed by atoms with van der Waals surface area (Å²) in [6, 6.07) is 5.80. The highest BCUT2D eigenvalue weighted by Crippen LogP contribution is 2.09. The highest BCUT2D eigenvalue weighted by Gasteiger charge is 2.20. The summed E-state index contributed by atoms with van der Waals surface area (Å²) in [5.74, 6) is 0.276. The third kappa shape index (κ3) is 3.65. The second kappa shape index (κ2) is 6.28. The summed E-state index contributed by atoms with van der Waals surface area (Å²) in [6.07, 6.45) is 5.31. The molecule has 4 nitrogen and oxygen atoms in total. The van der Waals surface area contributed by atoms with E-state index in [0.29, 0.717) is 19.4 Å². The Labute approximate surface area is 107 Å². The van der Waals surface area contributed by atoms with Gasteiger partial charge in [0.2, 0.25) is 5.91 Å². The van der Waals surface area contributed by atoms with Crippen LogP contribution in [0.3, 0.4) is 0 Å². The van der Waals surface area contributed by atoms with Gasteiger partial charge in [0.1, 0.15) is 0 Å². The summed E-state index contributed by atoms with van der Waals surface area (Å²) in [6.45, 7) is 1.04. The Kier molecular flexibility index (Phi) is 4.45. The van der Waals surface area contributed by atoms with E-state index in [1.54, 1.807) is 11.1 Å². The molecule has 2 heterocycles. The standard InChI is InChI=1S/C14H18N2O2/c17-13-7-4-10-16(11-13)14(18)8-3-6-12-5-1-2-9-15-12/h1-2,5,9H,3-4,6-8,10-11H2. The van der Waals surface area contributed by atoms with Gasteiger partial charge in [0.05, 0.1) is 6.54 Å². The third-order valence-corrected chi connectivity index (χ3v) is 3.15. The van der Waals surface area contributed by atoms with Crippen LogP contribution < -0.4 is 0 Å². The van der Waals surface area contributed by atoms with E-state index < -0.39 is 0 Å². The van der Waals surface area contributed by atoms with E-state index in [4.69, 9.17) is 0 Å². The van der Waals surface area contributed by atoms with E-state index in [-0.39, 0.29) is 11.7 Å². The average molecular weight is 246 g/mol. The molecule has 0 aromatic carbocycles. The van der Waals surface area contributed by atoms with Crippen LogP contribution in [0.15, 0.2) is 24.4 Å². The van der Waals surface area contributed by atoms with Crippen LogP contribution in [0.1, 0.15) is 31.4 Å². The Morgan fingerprint density at radius 1 is 1.39 bits per heavy atom. The molecule has 1 aliphatic rings. The Hall–Kier alpha value is -1.71. The van der Waals surface area contributed by atoms with Gasteiger partial charge < -0.3 is 4.90 Å². The first kappa shape index (κ1) is 12.7. The van der Waals surface area contributed by atoms with Crippen LogP contribution in [-0.2, 0) is 16.0 Å². The number of carbonyl (C=O) groups excluding carboxylic acids is 2. The van der Waals surface area contributed by atoms with Gasteiger partial charge >= 0.3 is 0 Å². The van der Waals surface area contributed by atoms with E-state index in [2.05, 4.69) is 4.98 Å². The maximum absolute atomic E-state index is 11.9. The lowest BCUT2D eigenvalue weighted by molar-refractivity contribution is -0.137. The molecule has 0 unspecified atom stereocenters. The van der Waals surface area contributed by atoms with Gasteiger partial charge in [-0.3, -0.25) is 14.6 Å². The molecule has 0 aliphatic carbocycles. The van der Waals surface area contributed by atoms with E-state index in [0.717, 1.165) is 31.5 Å². The molecule has 1 saturated heterocycles. The number of carbonyl (C=O) groups is 2. The molecule has 4 heteroatoms. The Morgan fingerprint density at radius 2 is 2.28 bits per heavy atom. The van der Waals surface area contributed by atoms with Crippen molar-refractivity contribution in [1.29, 1.82) is 0 Å². The summed E-state index contributed by atoms with van der Waals surface area (Å²) in [5.41, 5.74) is 1.01. The van der Waals surface area contributed by atoms with Crippen LogP contribution in [0.25, 0.3) is 0 Å². The lowest BCUT2D eigenvalue weighted by Gasteiger charge is -2.25. The van der Waals surface area contributed by atoms with Crippen LogP contribution in [0.4, 0.5) is 0 Å². The number of aromatic nitrogens is 1. The van der Waals surface area contributed by atoms with Gasteiger partial charge in [-0.05, 0) is 31.4 Å². The van der Waals surface area contributed by atoms with E-state index >= 15 is 0 Å². The summed E-state index contributed by atoms with van der Waals surface area (Å²) >= 11 is 0. The second-order valence-corrected chi connectivity index (χ2v) is 4.63. The van der Waals surface area contributed by atoms with Crippen molar-refractivity contribution >= 4 is 11.7 Å². The first-order chi connectivity index (χ1) is 8.75. The van der Waals surface area contributed by atoms with Crippen LogP contribution in [0.5, 0.6) is 0 Å². The minimum atomic E-state index is 0.0963. The highest BCUT2D eigenvalue weighted by atomic mass is 16.2. The number of amides is 1. The second-order valence-electron chi connectivity index (χ2n) is 4.63. The third-order valence-electron chi connectivity index (χ3n) is 3.15. The molecule has 1 aromatic heterocycles. The first-order valence-electron chi connectivity index (χ1n) is 6.45. The molecule has 0 bridgehead atoms. The molecule has 1 aliphatic heterocycles. The smallest absolute Gasteiger partial charge is 0.222 e. The molecular weight excluding hydrogens is 228 g/mol. The van der Waals surface area contributed by atoms with Crippen molar-refractivity contribution in [3.63, 3.8) is 0 Å². The summed E-state index contributed by atoms with van der Waals surface area (Å²) in [7, 11) is 0. The fourth-order valence-corrected chi connectivity index (χ4v) is 2.18. The van der Waals surface area contributed by atoms with Crippen molar-refractivity contribution in [3.8, 4) is 0 Å². The van der Waals surface area contributed by atoms with Crippen LogP contribution >= 0.6 is 0 Å². The molecule has 1 fully saturated rings. The Bertz CT molecular complexity index is 417. The number of pyridine rings is 1. The predicted molar refractivity (Wildman–Crippen MR) is 68.0 cm³/mol. The van der Waals surface area contributed by atoms with Crippen LogP contribution in [0, 0.1) is 0 Å². The number of hydrogen-bond acceptors (Lipinski definition) is 3. The summed E-state index contributed by atoms with van der Waals surface area (Å²) in [5, 5.41) is 0. The zero-order valence-corrected chi connectivity index (χ0v) is 10.5. The first-order valence-corrected chi connectivity index (χ1v) is 6.45.